The maximum absolute atomic E-state index is 11.1. The fourth-order valence-corrected chi connectivity index (χ4v) is 2.57. The van der Waals surface area contributed by atoms with Crippen LogP contribution in [0.4, 0.5) is 5.69 Å². The molecule has 0 saturated heterocycles. The molecular weight excluding hydrogens is 230 g/mol. The van der Waals surface area contributed by atoms with Gasteiger partial charge < -0.3 is 15.5 Å². The number of aryl methyl sites for hydroxylation is 1. The molecule has 98 valence electrons. The number of carboxylic acid groups (broad SMARTS) is 1. The predicted octanol–water partition coefficient (Wildman–Crippen LogP) is 2.27. The quantitative estimate of drug-likeness (QED) is 0.765. The van der Waals surface area contributed by atoms with Crippen molar-refractivity contribution in [2.45, 2.75) is 32.3 Å². The van der Waals surface area contributed by atoms with Gasteiger partial charge in [-0.15, -0.1) is 0 Å². The molecule has 1 aromatic carbocycles. The minimum atomic E-state index is -0.923. The molecule has 0 spiro atoms. The molecule has 0 radical (unpaired) electrons. The second-order valence-electron chi connectivity index (χ2n) is 4.94. The maximum Gasteiger partial charge on any atom is 0.337 e. The van der Waals surface area contributed by atoms with Crippen molar-refractivity contribution < 1.29 is 15.0 Å². The second kappa shape index (κ2) is 5.40. The zero-order valence-electron chi connectivity index (χ0n) is 10.5. The lowest BCUT2D eigenvalue weighted by atomic mass is 10.0. The van der Waals surface area contributed by atoms with E-state index in [9.17, 15) is 9.90 Å². The fraction of sp³-hybridized carbons (Fsp3) is 0.500. The third-order valence-corrected chi connectivity index (χ3v) is 3.66. The standard InChI is InChI=1S/C14H19NO3/c1-9-4-2-6-11(14(17)18)13(9)15-8-10-5-3-7-12(10)16/h2,4,6,10,12,15-16H,3,5,7-8H2,1H3,(H,17,18). The Labute approximate surface area is 107 Å². The van der Waals surface area contributed by atoms with Crippen molar-refractivity contribution in [3.63, 3.8) is 0 Å². The minimum absolute atomic E-state index is 0.228. The first-order valence-corrected chi connectivity index (χ1v) is 6.34. The highest BCUT2D eigenvalue weighted by molar-refractivity contribution is 5.95. The number of aliphatic hydroxyl groups excluding tert-OH is 1. The topological polar surface area (TPSA) is 69.6 Å². The summed E-state index contributed by atoms with van der Waals surface area (Å²) in [5.41, 5.74) is 1.88. The molecule has 0 aliphatic heterocycles. The van der Waals surface area contributed by atoms with E-state index in [1.165, 1.54) is 0 Å². The smallest absolute Gasteiger partial charge is 0.337 e. The van der Waals surface area contributed by atoms with Gasteiger partial charge in [0.1, 0.15) is 0 Å². The number of aromatic carboxylic acids is 1. The van der Waals surface area contributed by atoms with Gasteiger partial charge in [0, 0.05) is 12.5 Å². The highest BCUT2D eigenvalue weighted by atomic mass is 16.4. The Morgan fingerprint density at radius 3 is 2.83 bits per heavy atom. The second-order valence-corrected chi connectivity index (χ2v) is 4.94. The van der Waals surface area contributed by atoms with Crippen LogP contribution in [0, 0.1) is 12.8 Å². The SMILES string of the molecule is Cc1cccc(C(=O)O)c1NCC1CCCC1O. The van der Waals surface area contributed by atoms with Crippen molar-refractivity contribution >= 4 is 11.7 Å². The Hall–Kier alpha value is -1.55. The summed E-state index contributed by atoms with van der Waals surface area (Å²) >= 11 is 0. The van der Waals surface area contributed by atoms with Crippen LogP contribution in [0.3, 0.4) is 0 Å². The minimum Gasteiger partial charge on any atom is -0.478 e. The number of carboxylic acids is 1. The van der Waals surface area contributed by atoms with E-state index in [-0.39, 0.29) is 12.0 Å². The van der Waals surface area contributed by atoms with E-state index in [1.807, 2.05) is 13.0 Å². The molecule has 2 atom stereocenters. The number of hydrogen-bond acceptors (Lipinski definition) is 3. The molecule has 0 heterocycles. The largest absolute Gasteiger partial charge is 0.478 e. The molecule has 18 heavy (non-hydrogen) atoms. The van der Waals surface area contributed by atoms with Gasteiger partial charge in [0.25, 0.3) is 0 Å². The Bertz CT molecular complexity index is 445. The van der Waals surface area contributed by atoms with Crippen LogP contribution in [0.1, 0.15) is 35.2 Å². The zero-order chi connectivity index (χ0) is 13.1. The molecule has 1 saturated carbocycles. The molecule has 0 bridgehead atoms. The van der Waals surface area contributed by atoms with E-state index in [2.05, 4.69) is 5.32 Å². The normalized spacial score (nSPS) is 23.0. The van der Waals surface area contributed by atoms with Gasteiger partial charge in [-0.2, -0.15) is 0 Å². The third-order valence-electron chi connectivity index (χ3n) is 3.66. The lowest BCUT2D eigenvalue weighted by Gasteiger charge is -2.18. The van der Waals surface area contributed by atoms with Gasteiger partial charge in [0.2, 0.25) is 0 Å². The molecule has 4 nitrogen and oxygen atoms in total. The first kappa shape index (κ1) is 12.9. The Kier molecular flexibility index (Phi) is 3.87. The Morgan fingerprint density at radius 2 is 2.22 bits per heavy atom. The van der Waals surface area contributed by atoms with Crippen molar-refractivity contribution in [2.75, 3.05) is 11.9 Å². The van der Waals surface area contributed by atoms with Gasteiger partial charge in [0.05, 0.1) is 17.4 Å². The van der Waals surface area contributed by atoms with Crippen LogP contribution < -0.4 is 5.32 Å². The summed E-state index contributed by atoms with van der Waals surface area (Å²) in [4.78, 5) is 11.1. The Balaban J connectivity index is 2.11. The van der Waals surface area contributed by atoms with E-state index in [4.69, 9.17) is 5.11 Å². The van der Waals surface area contributed by atoms with E-state index in [0.717, 1.165) is 24.8 Å². The molecule has 3 N–H and O–H groups in total. The van der Waals surface area contributed by atoms with Crippen molar-refractivity contribution in [1.82, 2.24) is 0 Å². The number of para-hydroxylation sites is 1. The number of nitrogens with one attached hydrogen (secondary N) is 1. The van der Waals surface area contributed by atoms with Crippen LogP contribution >= 0.6 is 0 Å². The van der Waals surface area contributed by atoms with E-state index in [0.29, 0.717) is 17.8 Å². The van der Waals surface area contributed by atoms with E-state index >= 15 is 0 Å². The summed E-state index contributed by atoms with van der Waals surface area (Å²) in [5, 5.41) is 22.1. The summed E-state index contributed by atoms with van der Waals surface area (Å²) in [6, 6.07) is 5.23. The number of benzene rings is 1. The van der Waals surface area contributed by atoms with Gasteiger partial charge in [-0.3, -0.25) is 0 Å². The van der Waals surface area contributed by atoms with Crippen molar-refractivity contribution in [3.05, 3.63) is 29.3 Å². The zero-order valence-corrected chi connectivity index (χ0v) is 10.5. The number of carbonyl (C=O) groups is 1. The number of anilines is 1. The summed E-state index contributed by atoms with van der Waals surface area (Å²) in [7, 11) is 0. The molecule has 2 rings (SSSR count). The van der Waals surface area contributed by atoms with Crippen LogP contribution in [0.5, 0.6) is 0 Å². The van der Waals surface area contributed by atoms with Gasteiger partial charge in [0.15, 0.2) is 0 Å². The summed E-state index contributed by atoms with van der Waals surface area (Å²) < 4.78 is 0. The molecule has 0 aromatic heterocycles. The van der Waals surface area contributed by atoms with Crippen LogP contribution in [0.15, 0.2) is 18.2 Å². The predicted molar refractivity (Wildman–Crippen MR) is 70.0 cm³/mol. The summed E-state index contributed by atoms with van der Waals surface area (Å²) in [5.74, 6) is -0.695. The van der Waals surface area contributed by atoms with Gasteiger partial charge >= 0.3 is 5.97 Å². The highest BCUT2D eigenvalue weighted by Crippen LogP contribution is 2.27. The fourth-order valence-electron chi connectivity index (χ4n) is 2.57. The molecule has 1 aliphatic rings. The first-order valence-electron chi connectivity index (χ1n) is 6.34. The lowest BCUT2D eigenvalue weighted by Crippen LogP contribution is -2.23. The van der Waals surface area contributed by atoms with Crippen LogP contribution in [0.2, 0.25) is 0 Å². The van der Waals surface area contributed by atoms with Crippen molar-refractivity contribution in [1.29, 1.82) is 0 Å². The van der Waals surface area contributed by atoms with Crippen LogP contribution in [-0.2, 0) is 0 Å². The molecule has 2 unspecified atom stereocenters. The summed E-state index contributed by atoms with van der Waals surface area (Å²) in [6.07, 6.45) is 2.65. The van der Waals surface area contributed by atoms with Gasteiger partial charge in [-0.25, -0.2) is 4.79 Å². The van der Waals surface area contributed by atoms with E-state index < -0.39 is 5.97 Å². The maximum atomic E-state index is 11.1. The molecule has 4 heteroatoms. The van der Waals surface area contributed by atoms with Crippen LogP contribution in [0.25, 0.3) is 0 Å². The van der Waals surface area contributed by atoms with Crippen molar-refractivity contribution in [2.24, 2.45) is 5.92 Å². The van der Waals surface area contributed by atoms with E-state index in [1.54, 1.807) is 12.1 Å². The molecule has 0 amide bonds. The monoisotopic (exact) mass is 249 g/mol. The number of hydrogen-bond donors (Lipinski definition) is 3. The number of aliphatic hydroxyl groups is 1. The average molecular weight is 249 g/mol. The number of rotatable bonds is 4. The molecule has 1 fully saturated rings. The lowest BCUT2D eigenvalue weighted by molar-refractivity contribution is 0.0698. The summed E-state index contributed by atoms with van der Waals surface area (Å²) in [6.45, 7) is 2.52. The Morgan fingerprint density at radius 1 is 1.44 bits per heavy atom. The highest BCUT2D eigenvalue weighted by Gasteiger charge is 2.25. The molecular formula is C14H19NO3. The van der Waals surface area contributed by atoms with Gasteiger partial charge in [-0.05, 0) is 31.4 Å². The third kappa shape index (κ3) is 2.64. The first-order chi connectivity index (χ1) is 8.59. The molecule has 1 aliphatic carbocycles. The average Bonchev–Trinajstić information content (AvgIpc) is 2.73. The van der Waals surface area contributed by atoms with Crippen molar-refractivity contribution in [3.8, 4) is 0 Å². The van der Waals surface area contributed by atoms with Crippen LogP contribution in [-0.4, -0.2) is 28.8 Å². The van der Waals surface area contributed by atoms with Gasteiger partial charge in [-0.1, -0.05) is 18.6 Å². The molecule has 1 aromatic rings.